The summed E-state index contributed by atoms with van der Waals surface area (Å²) in [6.45, 7) is 8.26. The normalized spacial score (nSPS) is 11.4. The molecule has 0 amide bonds. The Bertz CT molecular complexity index is 412. The highest BCUT2D eigenvalue weighted by molar-refractivity contribution is 5.10. The largest absolute Gasteiger partial charge is 0.319 e. The van der Waals surface area contributed by atoms with Gasteiger partial charge in [0.1, 0.15) is 0 Å². The Labute approximate surface area is 110 Å². The van der Waals surface area contributed by atoms with E-state index in [0.717, 1.165) is 31.7 Å². The maximum Gasteiger partial charge on any atom is 0.250 e. The van der Waals surface area contributed by atoms with Crippen LogP contribution >= 0.6 is 0 Å². The van der Waals surface area contributed by atoms with E-state index in [-0.39, 0.29) is 5.56 Å². The Kier molecular flexibility index (Phi) is 6.09. The summed E-state index contributed by atoms with van der Waals surface area (Å²) >= 11 is 0. The molecule has 1 rings (SSSR count). The lowest BCUT2D eigenvalue weighted by atomic mass is 10.2. The molecule has 1 N–H and O–H groups in total. The van der Waals surface area contributed by atoms with Gasteiger partial charge in [-0.25, -0.2) is 0 Å². The molecule has 0 saturated heterocycles. The molecule has 1 heterocycles. The van der Waals surface area contributed by atoms with E-state index in [2.05, 4.69) is 31.1 Å². The van der Waals surface area contributed by atoms with Crippen LogP contribution in [0.3, 0.4) is 0 Å². The fraction of sp³-hybridized carbons (Fsp3) is 0.643. The molecule has 0 unspecified atom stereocenters. The van der Waals surface area contributed by atoms with Crippen molar-refractivity contribution >= 4 is 0 Å². The van der Waals surface area contributed by atoms with Gasteiger partial charge in [-0.05, 0) is 31.1 Å². The average molecular weight is 251 g/mol. The molecular formula is C14H25N3O. The molecule has 0 fully saturated rings. The van der Waals surface area contributed by atoms with Gasteiger partial charge < -0.3 is 14.8 Å². The van der Waals surface area contributed by atoms with E-state index < -0.39 is 0 Å². The maximum absolute atomic E-state index is 11.5. The van der Waals surface area contributed by atoms with Crippen LogP contribution in [0, 0.1) is 5.92 Å². The van der Waals surface area contributed by atoms with Gasteiger partial charge in [-0.15, -0.1) is 0 Å². The standard InChI is InChI=1S/C14H25N3O/c1-12(2)10-15-6-8-16(3)11-13-5-7-17(4)14(18)9-13/h5,7,9,12,15H,6,8,10-11H2,1-4H3. The first-order valence-corrected chi connectivity index (χ1v) is 6.54. The van der Waals surface area contributed by atoms with Crippen molar-refractivity contribution in [2.24, 2.45) is 13.0 Å². The van der Waals surface area contributed by atoms with Crippen LogP contribution in [0.5, 0.6) is 0 Å². The number of nitrogens with one attached hydrogen (secondary N) is 1. The zero-order valence-corrected chi connectivity index (χ0v) is 11.9. The molecule has 0 spiro atoms. The Morgan fingerprint density at radius 3 is 2.78 bits per heavy atom. The minimum Gasteiger partial charge on any atom is -0.319 e. The van der Waals surface area contributed by atoms with E-state index >= 15 is 0 Å². The Hall–Kier alpha value is -1.13. The zero-order chi connectivity index (χ0) is 13.5. The Balaban J connectivity index is 2.33. The first-order chi connectivity index (χ1) is 8.49. The number of hydrogen-bond donors (Lipinski definition) is 1. The zero-order valence-electron chi connectivity index (χ0n) is 11.9. The van der Waals surface area contributed by atoms with Gasteiger partial charge in [-0.1, -0.05) is 13.8 Å². The highest BCUT2D eigenvalue weighted by Crippen LogP contribution is 1.99. The van der Waals surface area contributed by atoms with Gasteiger partial charge in [0, 0.05) is 38.9 Å². The monoisotopic (exact) mass is 251 g/mol. The molecule has 0 saturated carbocycles. The molecule has 0 aliphatic rings. The lowest BCUT2D eigenvalue weighted by Gasteiger charge is -2.17. The van der Waals surface area contributed by atoms with E-state index in [1.807, 2.05) is 12.3 Å². The minimum absolute atomic E-state index is 0.0545. The van der Waals surface area contributed by atoms with Crippen LogP contribution in [-0.4, -0.2) is 36.1 Å². The van der Waals surface area contributed by atoms with E-state index in [1.165, 1.54) is 0 Å². The van der Waals surface area contributed by atoms with E-state index in [4.69, 9.17) is 0 Å². The summed E-state index contributed by atoms with van der Waals surface area (Å²) in [5.74, 6) is 0.687. The van der Waals surface area contributed by atoms with Crippen molar-refractivity contribution in [2.75, 3.05) is 26.7 Å². The lowest BCUT2D eigenvalue weighted by molar-refractivity contribution is 0.321. The second-order valence-electron chi connectivity index (χ2n) is 5.32. The van der Waals surface area contributed by atoms with E-state index in [9.17, 15) is 4.79 Å². The van der Waals surface area contributed by atoms with Crippen LogP contribution in [0.15, 0.2) is 23.1 Å². The molecule has 0 aromatic carbocycles. The molecular weight excluding hydrogens is 226 g/mol. The fourth-order valence-corrected chi connectivity index (χ4v) is 1.74. The van der Waals surface area contributed by atoms with Crippen molar-refractivity contribution in [3.8, 4) is 0 Å². The third-order valence-electron chi connectivity index (χ3n) is 2.84. The lowest BCUT2D eigenvalue weighted by Crippen LogP contribution is -2.31. The van der Waals surface area contributed by atoms with Crippen LogP contribution in [0.25, 0.3) is 0 Å². The molecule has 0 aliphatic carbocycles. The average Bonchev–Trinajstić information content (AvgIpc) is 2.29. The molecule has 1 aromatic heterocycles. The van der Waals surface area contributed by atoms with Crippen molar-refractivity contribution in [1.29, 1.82) is 0 Å². The summed E-state index contributed by atoms with van der Waals surface area (Å²) in [7, 11) is 3.85. The molecule has 0 aliphatic heterocycles. The van der Waals surface area contributed by atoms with Crippen LogP contribution in [-0.2, 0) is 13.6 Å². The van der Waals surface area contributed by atoms with Gasteiger partial charge in [0.05, 0.1) is 0 Å². The van der Waals surface area contributed by atoms with Crippen molar-refractivity contribution in [3.63, 3.8) is 0 Å². The number of aryl methyl sites for hydroxylation is 1. The number of aromatic nitrogens is 1. The second kappa shape index (κ2) is 7.34. The summed E-state index contributed by atoms with van der Waals surface area (Å²) in [6, 6.07) is 3.71. The predicted octanol–water partition coefficient (Wildman–Crippen LogP) is 1.06. The molecule has 4 heteroatoms. The van der Waals surface area contributed by atoms with Crippen LogP contribution in [0.4, 0.5) is 0 Å². The third-order valence-corrected chi connectivity index (χ3v) is 2.84. The number of rotatable bonds is 7. The highest BCUT2D eigenvalue weighted by Gasteiger charge is 2.02. The van der Waals surface area contributed by atoms with Gasteiger partial charge in [0.15, 0.2) is 0 Å². The fourth-order valence-electron chi connectivity index (χ4n) is 1.74. The summed E-state index contributed by atoms with van der Waals surface area (Å²) in [6.07, 6.45) is 1.82. The number of hydrogen-bond acceptors (Lipinski definition) is 3. The number of nitrogens with zero attached hydrogens (tertiary/aromatic N) is 2. The maximum atomic E-state index is 11.5. The summed E-state index contributed by atoms with van der Waals surface area (Å²) in [5, 5.41) is 3.41. The first kappa shape index (κ1) is 14.9. The van der Waals surface area contributed by atoms with Crippen molar-refractivity contribution < 1.29 is 0 Å². The number of likely N-dealkylation sites (N-methyl/N-ethyl adjacent to an activating group) is 1. The third kappa shape index (κ3) is 5.47. The smallest absolute Gasteiger partial charge is 0.250 e. The predicted molar refractivity (Wildman–Crippen MR) is 75.7 cm³/mol. The Morgan fingerprint density at radius 1 is 1.44 bits per heavy atom. The Morgan fingerprint density at radius 2 is 2.17 bits per heavy atom. The molecule has 0 radical (unpaired) electrons. The highest BCUT2D eigenvalue weighted by atomic mass is 16.1. The van der Waals surface area contributed by atoms with Gasteiger partial charge in [-0.2, -0.15) is 0 Å². The first-order valence-electron chi connectivity index (χ1n) is 6.54. The second-order valence-corrected chi connectivity index (χ2v) is 5.32. The summed E-state index contributed by atoms with van der Waals surface area (Å²) < 4.78 is 1.59. The van der Waals surface area contributed by atoms with Crippen LogP contribution in [0.2, 0.25) is 0 Å². The van der Waals surface area contributed by atoms with Crippen molar-refractivity contribution in [3.05, 3.63) is 34.2 Å². The van der Waals surface area contributed by atoms with Gasteiger partial charge >= 0.3 is 0 Å². The van der Waals surface area contributed by atoms with Crippen LogP contribution in [0.1, 0.15) is 19.4 Å². The summed E-state index contributed by atoms with van der Waals surface area (Å²) in [4.78, 5) is 13.7. The molecule has 4 nitrogen and oxygen atoms in total. The molecule has 18 heavy (non-hydrogen) atoms. The molecule has 102 valence electrons. The molecule has 0 atom stereocenters. The van der Waals surface area contributed by atoms with Crippen molar-refractivity contribution in [2.45, 2.75) is 20.4 Å². The number of pyridine rings is 1. The van der Waals surface area contributed by atoms with E-state index in [0.29, 0.717) is 5.92 Å². The van der Waals surface area contributed by atoms with Gasteiger partial charge in [0.2, 0.25) is 0 Å². The SMILES string of the molecule is CC(C)CNCCN(C)Cc1ccn(C)c(=O)c1. The van der Waals surface area contributed by atoms with Gasteiger partial charge in [-0.3, -0.25) is 4.79 Å². The molecule has 1 aromatic rings. The quantitative estimate of drug-likeness (QED) is 0.736. The molecule has 0 bridgehead atoms. The topological polar surface area (TPSA) is 37.3 Å². The minimum atomic E-state index is 0.0545. The summed E-state index contributed by atoms with van der Waals surface area (Å²) in [5.41, 5.74) is 1.13. The van der Waals surface area contributed by atoms with E-state index in [1.54, 1.807) is 17.7 Å². The van der Waals surface area contributed by atoms with Gasteiger partial charge in [0.25, 0.3) is 5.56 Å². The van der Waals surface area contributed by atoms with Crippen molar-refractivity contribution in [1.82, 2.24) is 14.8 Å². The van der Waals surface area contributed by atoms with Crippen LogP contribution < -0.4 is 10.9 Å².